The van der Waals surface area contributed by atoms with Crippen LogP contribution in [0.3, 0.4) is 0 Å². The molecular weight excluding hydrogens is 330 g/mol. The third kappa shape index (κ3) is 4.85. The predicted octanol–water partition coefficient (Wildman–Crippen LogP) is 1.80. The number of ether oxygens (including phenoxy) is 1. The Balaban J connectivity index is 0.00000208. The van der Waals surface area contributed by atoms with Crippen molar-refractivity contribution in [2.45, 2.75) is 31.7 Å². The Kier molecular flexibility index (Phi) is 6.87. The number of carbonyl (C=O) groups is 2. The first kappa shape index (κ1) is 18.5. The first-order valence-electron chi connectivity index (χ1n) is 8.27. The maximum Gasteiger partial charge on any atom is 0.260 e. The van der Waals surface area contributed by atoms with Crippen molar-refractivity contribution >= 4 is 29.9 Å². The monoisotopic (exact) mass is 353 g/mol. The van der Waals surface area contributed by atoms with Crippen molar-refractivity contribution in [1.82, 2.24) is 10.2 Å². The highest BCUT2D eigenvalue weighted by Gasteiger charge is 2.22. The third-order valence-corrected chi connectivity index (χ3v) is 4.30. The second kappa shape index (κ2) is 8.89. The molecule has 2 amide bonds. The summed E-state index contributed by atoms with van der Waals surface area (Å²) in [5.41, 5.74) is 0.690. The van der Waals surface area contributed by atoms with Crippen LogP contribution in [0.5, 0.6) is 5.75 Å². The van der Waals surface area contributed by atoms with Gasteiger partial charge in [-0.1, -0.05) is 6.07 Å². The van der Waals surface area contributed by atoms with E-state index in [1.54, 1.807) is 12.1 Å². The smallest absolute Gasteiger partial charge is 0.260 e. The van der Waals surface area contributed by atoms with Crippen LogP contribution in [-0.2, 0) is 9.59 Å². The summed E-state index contributed by atoms with van der Waals surface area (Å²) < 4.78 is 5.57. The minimum absolute atomic E-state index is 0. The number of hydrogen-bond acceptors (Lipinski definition) is 4. The van der Waals surface area contributed by atoms with E-state index in [0.717, 1.165) is 45.3 Å². The molecular formula is C17H24ClN3O3. The number of hydrogen-bond donors (Lipinski definition) is 2. The first-order chi connectivity index (χ1) is 11.2. The first-order valence-corrected chi connectivity index (χ1v) is 8.27. The minimum Gasteiger partial charge on any atom is -0.484 e. The Labute approximate surface area is 148 Å². The van der Waals surface area contributed by atoms with E-state index < -0.39 is 0 Å². The number of amides is 2. The zero-order valence-corrected chi connectivity index (χ0v) is 14.4. The summed E-state index contributed by atoms with van der Waals surface area (Å²) in [5.74, 6) is 0.592. The summed E-state index contributed by atoms with van der Waals surface area (Å²) >= 11 is 0. The number of rotatable bonds is 5. The molecule has 0 bridgehead atoms. The largest absolute Gasteiger partial charge is 0.484 e. The minimum atomic E-state index is -0.115. The Morgan fingerprint density at radius 1 is 1.25 bits per heavy atom. The highest BCUT2D eigenvalue weighted by molar-refractivity contribution is 5.95. The maximum absolute atomic E-state index is 12.1. The standard InChI is InChI=1S/C17H23N3O3.ClH/c21-16(20-9-1-2-10-20)12-23-14-6-3-5-13(11-14)19-17(22)15-7-4-8-18-15;/h3,5-6,11,15,18H,1-2,4,7-10,12H2,(H,19,22);1H. The van der Waals surface area contributed by atoms with E-state index in [2.05, 4.69) is 10.6 Å². The van der Waals surface area contributed by atoms with Gasteiger partial charge in [0.25, 0.3) is 5.91 Å². The van der Waals surface area contributed by atoms with Crippen LogP contribution in [-0.4, -0.2) is 49.0 Å². The fourth-order valence-corrected chi connectivity index (χ4v) is 3.00. The molecule has 24 heavy (non-hydrogen) atoms. The molecule has 0 aromatic heterocycles. The molecule has 2 fully saturated rings. The highest BCUT2D eigenvalue weighted by atomic mass is 35.5. The van der Waals surface area contributed by atoms with Gasteiger partial charge in [-0.25, -0.2) is 0 Å². The van der Waals surface area contributed by atoms with Gasteiger partial charge >= 0.3 is 0 Å². The number of benzene rings is 1. The van der Waals surface area contributed by atoms with Crippen molar-refractivity contribution in [3.8, 4) is 5.75 Å². The van der Waals surface area contributed by atoms with Crippen molar-refractivity contribution in [3.63, 3.8) is 0 Å². The van der Waals surface area contributed by atoms with E-state index in [1.165, 1.54) is 0 Å². The summed E-state index contributed by atoms with van der Waals surface area (Å²) in [6.07, 6.45) is 4.04. The Morgan fingerprint density at radius 3 is 2.75 bits per heavy atom. The van der Waals surface area contributed by atoms with Gasteiger partial charge in [0, 0.05) is 24.8 Å². The Bertz CT molecular complexity index is 570. The average molecular weight is 354 g/mol. The summed E-state index contributed by atoms with van der Waals surface area (Å²) in [6.45, 7) is 2.58. The Morgan fingerprint density at radius 2 is 2.04 bits per heavy atom. The fourth-order valence-electron chi connectivity index (χ4n) is 3.00. The van der Waals surface area contributed by atoms with Crippen LogP contribution >= 0.6 is 12.4 Å². The topological polar surface area (TPSA) is 70.7 Å². The van der Waals surface area contributed by atoms with E-state index in [1.807, 2.05) is 17.0 Å². The maximum atomic E-state index is 12.1. The zero-order valence-electron chi connectivity index (χ0n) is 13.6. The predicted molar refractivity (Wildman–Crippen MR) is 94.7 cm³/mol. The van der Waals surface area contributed by atoms with Crippen LogP contribution in [0.15, 0.2) is 24.3 Å². The molecule has 2 aliphatic heterocycles. The van der Waals surface area contributed by atoms with E-state index in [0.29, 0.717) is 11.4 Å². The summed E-state index contributed by atoms with van der Waals surface area (Å²) in [5, 5.41) is 6.06. The lowest BCUT2D eigenvalue weighted by atomic mass is 10.2. The van der Waals surface area contributed by atoms with Crippen molar-refractivity contribution in [3.05, 3.63) is 24.3 Å². The normalized spacial score (nSPS) is 19.7. The molecule has 0 aliphatic carbocycles. The van der Waals surface area contributed by atoms with Crippen molar-refractivity contribution in [2.75, 3.05) is 31.6 Å². The molecule has 3 rings (SSSR count). The van der Waals surface area contributed by atoms with E-state index >= 15 is 0 Å². The Hall–Kier alpha value is -1.79. The van der Waals surface area contributed by atoms with Gasteiger partial charge in [-0.2, -0.15) is 0 Å². The lowest BCUT2D eigenvalue weighted by molar-refractivity contribution is -0.132. The van der Waals surface area contributed by atoms with E-state index in [9.17, 15) is 9.59 Å². The summed E-state index contributed by atoms with van der Waals surface area (Å²) in [4.78, 5) is 25.9. The molecule has 6 nitrogen and oxygen atoms in total. The van der Waals surface area contributed by atoms with Crippen LogP contribution in [0.2, 0.25) is 0 Å². The van der Waals surface area contributed by atoms with Gasteiger partial charge in [-0.3, -0.25) is 9.59 Å². The number of halogens is 1. The molecule has 2 saturated heterocycles. The molecule has 2 aliphatic rings. The number of nitrogens with one attached hydrogen (secondary N) is 2. The highest BCUT2D eigenvalue weighted by Crippen LogP contribution is 2.19. The van der Waals surface area contributed by atoms with Crippen LogP contribution in [0.25, 0.3) is 0 Å². The quantitative estimate of drug-likeness (QED) is 0.846. The second-order valence-electron chi connectivity index (χ2n) is 6.04. The van der Waals surface area contributed by atoms with Gasteiger partial charge in [0.05, 0.1) is 6.04 Å². The third-order valence-electron chi connectivity index (χ3n) is 4.30. The molecule has 1 aromatic carbocycles. The van der Waals surface area contributed by atoms with Crippen molar-refractivity contribution in [2.24, 2.45) is 0 Å². The van der Waals surface area contributed by atoms with Crippen LogP contribution in [0.4, 0.5) is 5.69 Å². The molecule has 132 valence electrons. The van der Waals surface area contributed by atoms with Crippen molar-refractivity contribution in [1.29, 1.82) is 0 Å². The molecule has 2 heterocycles. The molecule has 1 aromatic rings. The van der Waals surface area contributed by atoms with Crippen LogP contribution in [0, 0.1) is 0 Å². The number of carbonyl (C=O) groups excluding carboxylic acids is 2. The fraction of sp³-hybridized carbons (Fsp3) is 0.529. The van der Waals surface area contributed by atoms with E-state index in [-0.39, 0.29) is 36.9 Å². The average Bonchev–Trinajstić information content (AvgIpc) is 3.25. The molecule has 1 unspecified atom stereocenters. The van der Waals surface area contributed by atoms with Crippen LogP contribution in [0.1, 0.15) is 25.7 Å². The number of anilines is 1. The van der Waals surface area contributed by atoms with E-state index in [4.69, 9.17) is 4.74 Å². The second-order valence-corrected chi connectivity index (χ2v) is 6.04. The molecule has 7 heteroatoms. The van der Waals surface area contributed by atoms with Gasteiger partial charge < -0.3 is 20.3 Å². The van der Waals surface area contributed by atoms with Gasteiger partial charge in [0.1, 0.15) is 5.75 Å². The summed E-state index contributed by atoms with van der Waals surface area (Å²) in [7, 11) is 0. The van der Waals surface area contributed by atoms with Crippen LogP contribution < -0.4 is 15.4 Å². The molecule has 2 N–H and O–H groups in total. The van der Waals surface area contributed by atoms with Gasteiger partial charge in [0.2, 0.25) is 5.91 Å². The van der Waals surface area contributed by atoms with Gasteiger partial charge in [-0.15, -0.1) is 12.4 Å². The lowest BCUT2D eigenvalue weighted by Crippen LogP contribution is -2.35. The lowest BCUT2D eigenvalue weighted by Gasteiger charge is -2.16. The summed E-state index contributed by atoms with van der Waals surface area (Å²) in [6, 6.07) is 7.07. The number of likely N-dealkylation sites (tertiary alicyclic amines) is 1. The number of nitrogens with zero attached hydrogens (tertiary/aromatic N) is 1. The van der Waals surface area contributed by atoms with Crippen molar-refractivity contribution < 1.29 is 14.3 Å². The van der Waals surface area contributed by atoms with Gasteiger partial charge in [0.15, 0.2) is 6.61 Å². The zero-order chi connectivity index (χ0) is 16.1. The van der Waals surface area contributed by atoms with Gasteiger partial charge in [-0.05, 0) is 44.4 Å². The molecule has 0 saturated carbocycles. The molecule has 0 radical (unpaired) electrons. The SMILES string of the molecule is Cl.O=C(Nc1cccc(OCC(=O)N2CCCC2)c1)C1CCCN1. The molecule has 1 atom stereocenters. The molecule has 0 spiro atoms.